The van der Waals surface area contributed by atoms with Gasteiger partial charge in [0.1, 0.15) is 5.78 Å². The number of fused-ring (bicyclic) bond motifs is 1. The van der Waals surface area contributed by atoms with E-state index in [0.29, 0.717) is 12.2 Å². The number of allylic oxidation sites excluding steroid dienone is 5. The van der Waals surface area contributed by atoms with Crippen molar-refractivity contribution >= 4 is 17.8 Å². The molecule has 0 spiro atoms. The van der Waals surface area contributed by atoms with Crippen molar-refractivity contribution in [3.63, 3.8) is 0 Å². The number of hydrogen-bond acceptors (Lipinski definition) is 2. The van der Waals surface area contributed by atoms with Crippen LogP contribution in [0.4, 0.5) is 0 Å². The highest BCUT2D eigenvalue weighted by Crippen LogP contribution is 2.47. The predicted octanol–water partition coefficient (Wildman–Crippen LogP) is 4.27. The highest BCUT2D eigenvalue weighted by molar-refractivity contribution is 5.90. The summed E-state index contributed by atoms with van der Waals surface area (Å²) in [6.45, 7) is 4.27. The van der Waals surface area contributed by atoms with Gasteiger partial charge in [0.2, 0.25) is 0 Å². The Kier molecular flexibility index (Phi) is 3.80. The fraction of sp³-hybridized carbons (Fsp3) is 0.300. The Morgan fingerprint density at radius 2 is 1.87 bits per heavy atom. The van der Waals surface area contributed by atoms with Gasteiger partial charge in [0.15, 0.2) is 0 Å². The van der Waals surface area contributed by atoms with E-state index in [0.717, 1.165) is 17.6 Å². The van der Waals surface area contributed by atoms with Crippen molar-refractivity contribution in [1.82, 2.24) is 0 Å². The minimum absolute atomic E-state index is 0.0137. The van der Waals surface area contributed by atoms with E-state index in [9.17, 15) is 9.59 Å². The van der Waals surface area contributed by atoms with E-state index >= 15 is 0 Å². The Hall–Kier alpha value is -2.42. The third-order valence-electron chi connectivity index (χ3n) is 4.73. The van der Waals surface area contributed by atoms with Crippen molar-refractivity contribution in [2.75, 3.05) is 0 Å². The molecule has 0 heterocycles. The Balaban J connectivity index is 1.77. The van der Waals surface area contributed by atoms with Crippen molar-refractivity contribution in [3.8, 4) is 0 Å². The maximum atomic E-state index is 12.2. The van der Waals surface area contributed by atoms with Gasteiger partial charge in [-0.25, -0.2) is 4.79 Å². The molecule has 2 aliphatic carbocycles. The number of Topliss-reactive ketones (excluding diaryl/α,β-unsaturated/α-hetero) is 1. The molecule has 1 unspecified atom stereocenters. The zero-order chi connectivity index (χ0) is 16.6. The summed E-state index contributed by atoms with van der Waals surface area (Å²) < 4.78 is 0. The first-order chi connectivity index (χ1) is 10.9. The second kappa shape index (κ2) is 5.65. The van der Waals surface area contributed by atoms with Gasteiger partial charge in [-0.1, -0.05) is 55.9 Å². The van der Waals surface area contributed by atoms with E-state index in [1.807, 2.05) is 12.2 Å². The normalized spacial score (nSPS) is 22.7. The molecule has 3 nitrogen and oxygen atoms in total. The van der Waals surface area contributed by atoms with Gasteiger partial charge in [-0.2, -0.15) is 0 Å². The summed E-state index contributed by atoms with van der Waals surface area (Å²) in [7, 11) is 0. The zero-order valence-corrected chi connectivity index (χ0v) is 13.4. The van der Waals surface area contributed by atoms with Crippen LogP contribution in [0.3, 0.4) is 0 Å². The molecule has 1 aromatic rings. The standard InChI is InChI=1S/C20H20O3/c1-20(2)12-18(21)16-11-14(7-10-17(16)20)4-3-13-5-8-15(9-6-13)19(22)23/h3-10,16H,11-12H2,1-2H3,(H,22,23). The minimum atomic E-state index is -0.921. The molecule has 1 N–H and O–H groups in total. The molecule has 0 aliphatic heterocycles. The molecule has 23 heavy (non-hydrogen) atoms. The second-order valence-electron chi connectivity index (χ2n) is 6.91. The summed E-state index contributed by atoms with van der Waals surface area (Å²) in [5.74, 6) is -0.550. The van der Waals surface area contributed by atoms with Gasteiger partial charge in [0.05, 0.1) is 5.56 Å². The summed E-state index contributed by atoms with van der Waals surface area (Å²) in [4.78, 5) is 23.0. The number of ketones is 1. The van der Waals surface area contributed by atoms with Gasteiger partial charge in [0, 0.05) is 12.3 Å². The molecule has 0 bridgehead atoms. The molecule has 1 saturated carbocycles. The SMILES string of the molecule is CC1(C)CC(=O)C2CC(C=Cc3ccc(C(=O)O)cc3)=CC=C21. The molecular weight excluding hydrogens is 288 g/mol. The lowest BCUT2D eigenvalue weighted by Gasteiger charge is -2.24. The maximum Gasteiger partial charge on any atom is 0.335 e. The Morgan fingerprint density at radius 3 is 2.52 bits per heavy atom. The van der Waals surface area contributed by atoms with Crippen LogP contribution >= 0.6 is 0 Å². The lowest BCUT2D eigenvalue weighted by Crippen LogP contribution is -2.14. The maximum absolute atomic E-state index is 12.2. The van der Waals surface area contributed by atoms with E-state index in [1.54, 1.807) is 24.3 Å². The molecular formula is C20H20O3. The lowest BCUT2D eigenvalue weighted by molar-refractivity contribution is -0.120. The van der Waals surface area contributed by atoms with E-state index in [1.165, 1.54) is 5.57 Å². The van der Waals surface area contributed by atoms with E-state index in [2.05, 4.69) is 26.0 Å². The molecule has 1 aromatic carbocycles. The molecule has 0 amide bonds. The number of benzene rings is 1. The minimum Gasteiger partial charge on any atom is -0.478 e. The van der Waals surface area contributed by atoms with Gasteiger partial charge in [-0.3, -0.25) is 4.79 Å². The third kappa shape index (κ3) is 3.04. The number of carbonyl (C=O) groups is 2. The first kappa shape index (κ1) is 15.5. The van der Waals surface area contributed by atoms with Crippen LogP contribution in [0, 0.1) is 11.3 Å². The first-order valence-electron chi connectivity index (χ1n) is 7.82. The number of aromatic carboxylic acids is 1. The van der Waals surface area contributed by atoms with Crippen LogP contribution in [-0.4, -0.2) is 16.9 Å². The fourth-order valence-electron chi connectivity index (χ4n) is 3.44. The molecule has 2 aliphatic rings. The summed E-state index contributed by atoms with van der Waals surface area (Å²) in [6, 6.07) is 6.76. The quantitative estimate of drug-likeness (QED) is 0.907. The topological polar surface area (TPSA) is 54.4 Å². The van der Waals surface area contributed by atoms with Gasteiger partial charge >= 0.3 is 5.97 Å². The molecule has 118 valence electrons. The molecule has 0 radical (unpaired) electrons. The molecule has 3 rings (SSSR count). The highest BCUT2D eigenvalue weighted by Gasteiger charge is 2.43. The molecule has 0 aromatic heterocycles. The predicted molar refractivity (Wildman–Crippen MR) is 90.1 cm³/mol. The number of carbonyl (C=O) groups excluding carboxylic acids is 1. The van der Waals surface area contributed by atoms with Crippen LogP contribution in [0.2, 0.25) is 0 Å². The fourth-order valence-corrected chi connectivity index (χ4v) is 3.44. The van der Waals surface area contributed by atoms with Gasteiger partial charge in [-0.15, -0.1) is 0 Å². The van der Waals surface area contributed by atoms with Crippen molar-refractivity contribution in [2.24, 2.45) is 11.3 Å². The molecule has 1 fully saturated rings. The number of carboxylic acid groups (broad SMARTS) is 1. The third-order valence-corrected chi connectivity index (χ3v) is 4.73. The monoisotopic (exact) mass is 308 g/mol. The average Bonchev–Trinajstić information content (AvgIpc) is 2.75. The molecule has 1 atom stereocenters. The van der Waals surface area contributed by atoms with Gasteiger partial charge < -0.3 is 5.11 Å². The Labute approximate surface area is 136 Å². The van der Waals surface area contributed by atoms with Crippen LogP contribution in [-0.2, 0) is 4.79 Å². The zero-order valence-electron chi connectivity index (χ0n) is 13.4. The smallest absolute Gasteiger partial charge is 0.335 e. The van der Waals surface area contributed by atoms with Crippen molar-refractivity contribution in [2.45, 2.75) is 26.7 Å². The number of hydrogen-bond donors (Lipinski definition) is 1. The van der Waals surface area contributed by atoms with Crippen molar-refractivity contribution in [3.05, 3.63) is 64.8 Å². The van der Waals surface area contributed by atoms with E-state index in [4.69, 9.17) is 5.11 Å². The van der Waals surface area contributed by atoms with Crippen LogP contribution in [0.15, 0.2) is 53.6 Å². The van der Waals surface area contributed by atoms with Crippen LogP contribution in [0.1, 0.15) is 42.6 Å². The lowest BCUT2D eigenvalue weighted by atomic mass is 9.80. The largest absolute Gasteiger partial charge is 0.478 e. The Bertz CT molecular complexity index is 746. The summed E-state index contributed by atoms with van der Waals surface area (Å²) >= 11 is 0. The van der Waals surface area contributed by atoms with Crippen LogP contribution in [0.5, 0.6) is 0 Å². The van der Waals surface area contributed by atoms with Crippen molar-refractivity contribution in [1.29, 1.82) is 0 Å². The average molecular weight is 308 g/mol. The summed E-state index contributed by atoms with van der Waals surface area (Å²) in [5, 5.41) is 8.90. The molecule has 0 saturated heterocycles. The number of carboxylic acids is 1. The summed E-state index contributed by atoms with van der Waals surface area (Å²) in [5.41, 5.74) is 3.60. The van der Waals surface area contributed by atoms with Crippen LogP contribution in [0.25, 0.3) is 6.08 Å². The van der Waals surface area contributed by atoms with E-state index < -0.39 is 5.97 Å². The molecule has 3 heteroatoms. The summed E-state index contributed by atoms with van der Waals surface area (Å²) in [6.07, 6.45) is 9.56. The van der Waals surface area contributed by atoms with Gasteiger partial charge in [0.25, 0.3) is 0 Å². The van der Waals surface area contributed by atoms with Crippen molar-refractivity contribution < 1.29 is 14.7 Å². The van der Waals surface area contributed by atoms with Crippen LogP contribution < -0.4 is 0 Å². The highest BCUT2D eigenvalue weighted by atomic mass is 16.4. The first-order valence-corrected chi connectivity index (χ1v) is 7.82. The van der Waals surface area contributed by atoms with Gasteiger partial charge in [-0.05, 0) is 35.1 Å². The number of rotatable bonds is 3. The van der Waals surface area contributed by atoms with E-state index in [-0.39, 0.29) is 16.9 Å². The second-order valence-corrected chi connectivity index (χ2v) is 6.91. The Morgan fingerprint density at radius 1 is 1.17 bits per heavy atom.